The van der Waals surface area contributed by atoms with Crippen LogP contribution in [0.2, 0.25) is 0 Å². The van der Waals surface area contributed by atoms with E-state index < -0.39 is 0 Å². The SMILES string of the molecule is CC(C)(N)C(CCO)c1cncs1. The minimum absolute atomic E-state index is 0.170. The van der Waals surface area contributed by atoms with Gasteiger partial charge in [0, 0.05) is 29.1 Å². The summed E-state index contributed by atoms with van der Waals surface area (Å²) in [4.78, 5) is 5.17. The maximum absolute atomic E-state index is 8.93. The van der Waals surface area contributed by atoms with Crippen molar-refractivity contribution in [3.05, 3.63) is 16.6 Å². The van der Waals surface area contributed by atoms with Crippen LogP contribution in [0.15, 0.2) is 11.7 Å². The third-order valence-electron chi connectivity index (χ3n) is 2.11. The van der Waals surface area contributed by atoms with E-state index in [9.17, 15) is 0 Å². The summed E-state index contributed by atoms with van der Waals surface area (Å²) in [7, 11) is 0. The predicted molar refractivity (Wildman–Crippen MR) is 54.8 cm³/mol. The summed E-state index contributed by atoms with van der Waals surface area (Å²) in [5, 5.41) is 8.93. The van der Waals surface area contributed by atoms with Crippen molar-refractivity contribution in [2.24, 2.45) is 5.73 Å². The fraction of sp³-hybridized carbons (Fsp3) is 0.667. The molecule has 0 aliphatic heterocycles. The van der Waals surface area contributed by atoms with E-state index in [-0.39, 0.29) is 18.1 Å². The number of hydrogen-bond donors (Lipinski definition) is 2. The van der Waals surface area contributed by atoms with Crippen LogP contribution >= 0.6 is 11.3 Å². The van der Waals surface area contributed by atoms with Gasteiger partial charge in [0.25, 0.3) is 0 Å². The smallest absolute Gasteiger partial charge is 0.0794 e. The zero-order valence-electron chi connectivity index (χ0n) is 8.03. The first-order valence-corrected chi connectivity index (χ1v) is 5.22. The van der Waals surface area contributed by atoms with Crippen LogP contribution in [0, 0.1) is 0 Å². The molecule has 0 fully saturated rings. The molecule has 0 saturated carbocycles. The van der Waals surface area contributed by atoms with Crippen LogP contribution in [0.3, 0.4) is 0 Å². The Kier molecular flexibility index (Phi) is 3.41. The molecule has 0 radical (unpaired) electrons. The Morgan fingerprint density at radius 1 is 1.69 bits per heavy atom. The van der Waals surface area contributed by atoms with Gasteiger partial charge in [-0.05, 0) is 20.3 Å². The lowest BCUT2D eigenvalue weighted by atomic mass is 9.85. The van der Waals surface area contributed by atoms with Crippen molar-refractivity contribution in [3.8, 4) is 0 Å². The Balaban J connectivity index is 2.81. The first-order valence-electron chi connectivity index (χ1n) is 4.34. The highest BCUT2D eigenvalue weighted by molar-refractivity contribution is 7.09. The number of aliphatic hydroxyl groups excluding tert-OH is 1. The zero-order chi connectivity index (χ0) is 9.90. The molecule has 0 amide bonds. The average Bonchev–Trinajstić information content (AvgIpc) is 2.49. The van der Waals surface area contributed by atoms with Crippen LogP contribution < -0.4 is 5.73 Å². The lowest BCUT2D eigenvalue weighted by molar-refractivity contribution is 0.251. The Morgan fingerprint density at radius 3 is 2.77 bits per heavy atom. The molecule has 1 unspecified atom stereocenters. The molecule has 1 rings (SSSR count). The van der Waals surface area contributed by atoms with Crippen molar-refractivity contribution in [1.82, 2.24) is 4.98 Å². The van der Waals surface area contributed by atoms with Gasteiger partial charge in [-0.2, -0.15) is 0 Å². The van der Waals surface area contributed by atoms with Gasteiger partial charge in [-0.15, -0.1) is 11.3 Å². The monoisotopic (exact) mass is 200 g/mol. The Morgan fingerprint density at radius 2 is 2.38 bits per heavy atom. The molecule has 74 valence electrons. The first-order chi connectivity index (χ1) is 6.05. The predicted octanol–water partition coefficient (Wildman–Crippen LogP) is 1.35. The number of rotatable bonds is 4. The summed E-state index contributed by atoms with van der Waals surface area (Å²) < 4.78 is 0. The molecule has 1 heterocycles. The van der Waals surface area contributed by atoms with E-state index in [0.717, 1.165) is 4.88 Å². The largest absolute Gasteiger partial charge is 0.396 e. The molecule has 1 aromatic rings. The van der Waals surface area contributed by atoms with Crippen LogP contribution in [-0.2, 0) is 0 Å². The Bertz CT molecular complexity index is 241. The molecule has 13 heavy (non-hydrogen) atoms. The van der Waals surface area contributed by atoms with E-state index in [0.29, 0.717) is 6.42 Å². The third kappa shape index (κ3) is 2.76. The summed E-state index contributed by atoms with van der Waals surface area (Å²) in [5.74, 6) is 0.199. The number of aliphatic hydroxyl groups is 1. The maximum Gasteiger partial charge on any atom is 0.0794 e. The van der Waals surface area contributed by atoms with Crippen molar-refractivity contribution in [3.63, 3.8) is 0 Å². The van der Waals surface area contributed by atoms with Gasteiger partial charge in [0.15, 0.2) is 0 Å². The lowest BCUT2D eigenvalue weighted by Gasteiger charge is -2.28. The van der Waals surface area contributed by atoms with Gasteiger partial charge in [0.2, 0.25) is 0 Å². The Labute approximate surface area is 82.6 Å². The summed E-state index contributed by atoms with van der Waals surface area (Å²) in [5.41, 5.74) is 7.53. The average molecular weight is 200 g/mol. The second-order valence-electron chi connectivity index (χ2n) is 3.79. The maximum atomic E-state index is 8.93. The minimum Gasteiger partial charge on any atom is -0.396 e. The molecule has 1 aromatic heterocycles. The molecule has 0 bridgehead atoms. The second-order valence-corrected chi connectivity index (χ2v) is 4.71. The standard InChI is InChI=1S/C9H16N2OS/c1-9(2,10)7(3-4-12)8-5-11-6-13-8/h5-7,12H,3-4,10H2,1-2H3. The van der Waals surface area contributed by atoms with Gasteiger partial charge < -0.3 is 10.8 Å². The van der Waals surface area contributed by atoms with Gasteiger partial charge in [-0.3, -0.25) is 4.98 Å². The van der Waals surface area contributed by atoms with E-state index in [1.165, 1.54) is 0 Å². The van der Waals surface area contributed by atoms with Crippen LogP contribution in [0.1, 0.15) is 31.1 Å². The number of nitrogens with zero attached hydrogens (tertiary/aromatic N) is 1. The molecule has 3 N–H and O–H groups in total. The molecule has 0 spiro atoms. The van der Waals surface area contributed by atoms with Crippen LogP contribution in [-0.4, -0.2) is 22.2 Å². The molecule has 0 aromatic carbocycles. The van der Waals surface area contributed by atoms with Gasteiger partial charge in [0.1, 0.15) is 0 Å². The number of thiazole rings is 1. The molecule has 0 aliphatic rings. The quantitative estimate of drug-likeness (QED) is 0.771. The van der Waals surface area contributed by atoms with Crippen molar-refractivity contribution in [1.29, 1.82) is 0 Å². The number of hydrogen-bond acceptors (Lipinski definition) is 4. The lowest BCUT2D eigenvalue weighted by Crippen LogP contribution is -2.39. The topological polar surface area (TPSA) is 59.1 Å². The van der Waals surface area contributed by atoms with Gasteiger partial charge in [0.05, 0.1) is 5.51 Å². The molecule has 4 heteroatoms. The third-order valence-corrected chi connectivity index (χ3v) is 3.00. The van der Waals surface area contributed by atoms with Crippen LogP contribution in [0.25, 0.3) is 0 Å². The van der Waals surface area contributed by atoms with Gasteiger partial charge in [-0.25, -0.2) is 0 Å². The minimum atomic E-state index is -0.296. The van der Waals surface area contributed by atoms with Crippen molar-refractivity contribution < 1.29 is 5.11 Å². The number of aromatic nitrogens is 1. The van der Waals surface area contributed by atoms with Crippen molar-refractivity contribution in [2.75, 3.05) is 6.61 Å². The molecule has 0 saturated heterocycles. The highest BCUT2D eigenvalue weighted by Gasteiger charge is 2.27. The van der Waals surface area contributed by atoms with E-state index in [1.807, 2.05) is 20.0 Å². The van der Waals surface area contributed by atoms with Crippen LogP contribution in [0.5, 0.6) is 0 Å². The molecule has 3 nitrogen and oxygen atoms in total. The molecule has 1 atom stereocenters. The first kappa shape index (κ1) is 10.6. The summed E-state index contributed by atoms with van der Waals surface area (Å²) in [6, 6.07) is 0. The molecular weight excluding hydrogens is 184 g/mol. The van der Waals surface area contributed by atoms with Crippen molar-refractivity contribution >= 4 is 11.3 Å². The van der Waals surface area contributed by atoms with Crippen molar-refractivity contribution in [2.45, 2.75) is 31.7 Å². The van der Waals surface area contributed by atoms with E-state index in [4.69, 9.17) is 10.8 Å². The highest BCUT2D eigenvalue weighted by atomic mass is 32.1. The molecule has 0 aliphatic carbocycles. The summed E-state index contributed by atoms with van der Waals surface area (Å²) in [6.07, 6.45) is 2.53. The highest BCUT2D eigenvalue weighted by Crippen LogP contribution is 2.31. The molecular formula is C9H16N2OS. The van der Waals surface area contributed by atoms with Crippen LogP contribution in [0.4, 0.5) is 0 Å². The van der Waals surface area contributed by atoms with E-state index in [2.05, 4.69) is 4.98 Å². The fourth-order valence-electron chi connectivity index (χ4n) is 1.41. The Hall–Kier alpha value is -0.450. The van der Waals surface area contributed by atoms with Gasteiger partial charge >= 0.3 is 0 Å². The van der Waals surface area contributed by atoms with E-state index in [1.54, 1.807) is 16.8 Å². The normalized spacial score (nSPS) is 14.5. The summed E-state index contributed by atoms with van der Waals surface area (Å²) in [6.45, 7) is 4.13. The summed E-state index contributed by atoms with van der Waals surface area (Å²) >= 11 is 1.60. The number of nitrogens with two attached hydrogens (primary N) is 1. The second kappa shape index (κ2) is 4.17. The van der Waals surface area contributed by atoms with Gasteiger partial charge in [-0.1, -0.05) is 0 Å². The zero-order valence-corrected chi connectivity index (χ0v) is 8.84. The fourth-order valence-corrected chi connectivity index (χ4v) is 2.36. The van der Waals surface area contributed by atoms with E-state index >= 15 is 0 Å².